The largest absolute Gasteiger partial charge is 0.494 e. The summed E-state index contributed by atoms with van der Waals surface area (Å²) in [6.45, 7) is 11.6. The molecule has 242 valence electrons. The zero-order valence-electron chi connectivity index (χ0n) is 27.3. The summed E-state index contributed by atoms with van der Waals surface area (Å²) < 4.78 is 17.9. The van der Waals surface area contributed by atoms with Crippen LogP contribution >= 0.6 is 0 Å². The van der Waals surface area contributed by atoms with E-state index in [4.69, 9.17) is 14.2 Å². The van der Waals surface area contributed by atoms with Gasteiger partial charge in [-0.05, 0) is 106 Å². The van der Waals surface area contributed by atoms with Crippen molar-refractivity contribution in [3.63, 3.8) is 0 Å². The molecule has 1 aliphatic rings. The molecular weight excluding hydrogens is 568 g/mol. The van der Waals surface area contributed by atoms with Gasteiger partial charge in [-0.2, -0.15) is 0 Å². The van der Waals surface area contributed by atoms with E-state index in [9.17, 15) is 9.59 Å². The van der Waals surface area contributed by atoms with Crippen LogP contribution in [0.4, 0.5) is 16.2 Å². The van der Waals surface area contributed by atoms with Gasteiger partial charge in [0.05, 0.1) is 12.8 Å². The maximum absolute atomic E-state index is 13.2. The number of nitrogens with zero attached hydrogens (tertiary/aromatic N) is 1. The number of rotatable bonds is 14. The maximum atomic E-state index is 13.2. The van der Waals surface area contributed by atoms with Gasteiger partial charge < -0.3 is 35.1 Å². The van der Waals surface area contributed by atoms with Crippen LogP contribution in [0.1, 0.15) is 75.2 Å². The van der Waals surface area contributed by atoms with Gasteiger partial charge in [0.2, 0.25) is 0 Å². The first-order chi connectivity index (χ1) is 21.8. The Bertz CT molecular complexity index is 1400. The molecule has 9 nitrogen and oxygen atoms in total. The van der Waals surface area contributed by atoms with Crippen molar-refractivity contribution in [3.05, 3.63) is 71.8 Å². The predicted molar refractivity (Wildman–Crippen MR) is 180 cm³/mol. The average Bonchev–Trinajstić information content (AvgIpc) is 3.05. The second kappa shape index (κ2) is 16.7. The fourth-order valence-electron chi connectivity index (χ4n) is 5.36. The van der Waals surface area contributed by atoms with Crippen molar-refractivity contribution in [1.29, 1.82) is 0 Å². The van der Waals surface area contributed by atoms with Gasteiger partial charge in [-0.25, -0.2) is 4.79 Å². The van der Waals surface area contributed by atoms with E-state index >= 15 is 0 Å². The van der Waals surface area contributed by atoms with Gasteiger partial charge in [0.25, 0.3) is 5.91 Å². The van der Waals surface area contributed by atoms with Gasteiger partial charge in [0.1, 0.15) is 29.1 Å². The van der Waals surface area contributed by atoms with Crippen LogP contribution in [0.15, 0.2) is 60.7 Å². The number of methoxy groups -OCH3 is 1. The number of anilines is 2. The van der Waals surface area contributed by atoms with Crippen LogP contribution in [-0.4, -0.2) is 55.7 Å². The summed E-state index contributed by atoms with van der Waals surface area (Å²) in [5, 5.41) is 8.76. The second-order valence-electron chi connectivity index (χ2n) is 11.5. The first kappa shape index (κ1) is 33.6. The van der Waals surface area contributed by atoms with E-state index in [0.717, 1.165) is 50.1 Å². The number of carbonyl (C=O) groups is 2. The molecule has 3 amide bonds. The topological polar surface area (TPSA) is 101 Å². The van der Waals surface area contributed by atoms with Crippen molar-refractivity contribution in [2.45, 2.75) is 78.4 Å². The van der Waals surface area contributed by atoms with Crippen molar-refractivity contribution >= 4 is 23.3 Å². The molecule has 9 heteroatoms. The van der Waals surface area contributed by atoms with Crippen LogP contribution in [0.5, 0.6) is 23.0 Å². The highest BCUT2D eigenvalue weighted by Crippen LogP contribution is 2.33. The minimum atomic E-state index is -0.239. The van der Waals surface area contributed by atoms with Gasteiger partial charge in [-0.15, -0.1) is 0 Å². The molecule has 0 unspecified atom stereocenters. The molecule has 0 spiro atoms. The molecule has 3 N–H and O–H groups in total. The summed E-state index contributed by atoms with van der Waals surface area (Å²) >= 11 is 0. The minimum Gasteiger partial charge on any atom is -0.494 e. The van der Waals surface area contributed by atoms with Crippen molar-refractivity contribution < 1.29 is 23.8 Å². The molecule has 0 saturated carbocycles. The number of hydrogen-bond donors (Lipinski definition) is 3. The normalized spacial score (nSPS) is 13.7. The lowest BCUT2D eigenvalue weighted by Crippen LogP contribution is -2.38. The first-order valence-corrected chi connectivity index (χ1v) is 16.2. The highest BCUT2D eigenvalue weighted by molar-refractivity contribution is 6.05. The zero-order chi connectivity index (χ0) is 32.2. The zero-order valence-corrected chi connectivity index (χ0v) is 27.3. The van der Waals surface area contributed by atoms with Crippen molar-refractivity contribution in [1.82, 2.24) is 10.2 Å². The molecule has 0 bridgehead atoms. The van der Waals surface area contributed by atoms with Crippen LogP contribution in [-0.2, 0) is 0 Å². The van der Waals surface area contributed by atoms with E-state index in [0.29, 0.717) is 34.2 Å². The van der Waals surface area contributed by atoms with Gasteiger partial charge in [0.15, 0.2) is 0 Å². The molecule has 3 aromatic rings. The van der Waals surface area contributed by atoms with Crippen LogP contribution in [0.2, 0.25) is 0 Å². The number of urea groups is 1. The molecule has 4 rings (SSSR count). The smallest absolute Gasteiger partial charge is 0.319 e. The van der Waals surface area contributed by atoms with Crippen LogP contribution in [0.25, 0.3) is 0 Å². The van der Waals surface area contributed by atoms with Crippen molar-refractivity contribution in [2.75, 3.05) is 37.4 Å². The third kappa shape index (κ3) is 9.88. The molecule has 1 saturated heterocycles. The monoisotopic (exact) mass is 616 g/mol. The number of hydrogen-bond acceptors (Lipinski definition) is 6. The van der Waals surface area contributed by atoms with Crippen molar-refractivity contribution in [2.24, 2.45) is 0 Å². The summed E-state index contributed by atoms with van der Waals surface area (Å²) in [6.07, 6.45) is 6.46. The molecule has 45 heavy (non-hydrogen) atoms. The third-order valence-corrected chi connectivity index (χ3v) is 8.18. The lowest BCUT2D eigenvalue weighted by atomic mass is 10.1. The number of amides is 3. The number of carbonyl (C=O) groups excluding carboxylic acids is 2. The number of unbranched alkanes of at least 4 members (excludes halogenated alkanes) is 1. The number of likely N-dealkylation sites (tertiary alicyclic amines) is 1. The molecule has 0 atom stereocenters. The quantitative estimate of drug-likeness (QED) is 0.170. The standard InChI is InChI=1S/C36H48N4O5/c1-6-9-20-40-21-18-30(19-22-40)45-33-17-10-26(23-25(33)4)35(41)39-32-16-15-31(24-34(32)43-5)44-29-13-11-28(12-14-29)38-36(42)37-27(7-2)8-3/h10-17,23-24,27,30H,6-9,18-22H2,1-5H3,(H,39,41)(H2,37,38,42). The summed E-state index contributed by atoms with van der Waals surface area (Å²) in [5.74, 6) is 2.20. The predicted octanol–water partition coefficient (Wildman–Crippen LogP) is 8.00. The Balaban J connectivity index is 1.31. The Morgan fingerprint density at radius 1 is 0.889 bits per heavy atom. The number of ether oxygens (including phenoxy) is 3. The van der Waals surface area contributed by atoms with E-state index < -0.39 is 0 Å². The first-order valence-electron chi connectivity index (χ1n) is 16.2. The third-order valence-electron chi connectivity index (χ3n) is 8.18. The highest BCUT2D eigenvalue weighted by atomic mass is 16.5. The maximum Gasteiger partial charge on any atom is 0.319 e. The Labute approximate surface area is 267 Å². The number of aryl methyl sites for hydroxylation is 1. The van der Waals surface area contributed by atoms with E-state index in [1.54, 1.807) is 55.6 Å². The number of nitrogens with one attached hydrogen (secondary N) is 3. The van der Waals surface area contributed by atoms with Gasteiger partial charge >= 0.3 is 6.03 Å². The van der Waals surface area contributed by atoms with Gasteiger partial charge in [-0.1, -0.05) is 27.2 Å². The highest BCUT2D eigenvalue weighted by Gasteiger charge is 2.21. The lowest BCUT2D eigenvalue weighted by Gasteiger charge is -2.32. The van der Waals surface area contributed by atoms with Gasteiger partial charge in [-0.3, -0.25) is 4.79 Å². The summed E-state index contributed by atoms with van der Waals surface area (Å²) in [7, 11) is 1.55. The molecule has 1 heterocycles. The fraction of sp³-hybridized carbons (Fsp3) is 0.444. The van der Waals surface area contributed by atoms with E-state index in [1.807, 2.05) is 32.9 Å². The molecular formula is C36H48N4O5. The van der Waals surface area contributed by atoms with Crippen molar-refractivity contribution in [3.8, 4) is 23.0 Å². The van der Waals surface area contributed by atoms with E-state index in [-0.39, 0.29) is 24.1 Å². The molecule has 3 aromatic carbocycles. The Kier molecular flexibility index (Phi) is 12.5. The lowest BCUT2D eigenvalue weighted by molar-refractivity contribution is 0.0991. The van der Waals surface area contributed by atoms with Crippen LogP contribution < -0.4 is 30.2 Å². The number of piperidine rings is 1. The molecule has 0 radical (unpaired) electrons. The summed E-state index contributed by atoms with van der Waals surface area (Å²) in [4.78, 5) is 27.9. The van der Waals surface area contributed by atoms with E-state index in [2.05, 4.69) is 27.8 Å². The molecule has 1 aliphatic heterocycles. The van der Waals surface area contributed by atoms with E-state index in [1.165, 1.54) is 19.4 Å². The van der Waals surface area contributed by atoms with Gasteiger partial charge in [0, 0.05) is 36.4 Å². The fourth-order valence-corrected chi connectivity index (χ4v) is 5.36. The molecule has 0 aliphatic carbocycles. The second-order valence-corrected chi connectivity index (χ2v) is 11.5. The molecule has 1 fully saturated rings. The minimum absolute atomic E-state index is 0.146. The summed E-state index contributed by atoms with van der Waals surface area (Å²) in [6, 6.07) is 17.8. The molecule has 0 aromatic heterocycles. The Morgan fingerprint density at radius 2 is 1.60 bits per heavy atom. The van der Waals surface area contributed by atoms with Crippen LogP contribution in [0.3, 0.4) is 0 Å². The Hall–Kier alpha value is -4.24. The number of benzene rings is 3. The average molecular weight is 617 g/mol. The van der Waals surface area contributed by atoms with Crippen LogP contribution in [0, 0.1) is 6.92 Å². The Morgan fingerprint density at radius 3 is 2.24 bits per heavy atom. The summed E-state index contributed by atoms with van der Waals surface area (Å²) in [5.41, 5.74) is 2.67. The SMILES string of the molecule is CCCCN1CCC(Oc2ccc(C(=O)Nc3ccc(Oc4ccc(NC(=O)NC(CC)CC)cc4)cc3OC)cc2C)CC1.